The van der Waals surface area contributed by atoms with Crippen LogP contribution in [0.1, 0.15) is 67.7 Å². The van der Waals surface area contributed by atoms with Crippen LogP contribution in [0, 0.1) is 11.8 Å². The van der Waals surface area contributed by atoms with Gasteiger partial charge in [0.05, 0.1) is 4.90 Å². The molecule has 1 saturated heterocycles. The number of carbonyl (C=O) groups excluding carboxylic acids is 1. The van der Waals surface area contributed by atoms with Crippen LogP contribution in [0.2, 0.25) is 0 Å². The summed E-state index contributed by atoms with van der Waals surface area (Å²) < 4.78 is 122. The molecule has 3 aliphatic rings. The smallest absolute Gasteiger partial charge is 0.340 e. The number of hydrogen-bond donors (Lipinski definition) is 0. The highest BCUT2D eigenvalue weighted by molar-refractivity contribution is 7.92. The minimum atomic E-state index is -6.30. The summed E-state index contributed by atoms with van der Waals surface area (Å²) in [6, 6.07) is 7.09. The van der Waals surface area contributed by atoms with E-state index in [0.29, 0.717) is 37.3 Å². The fraction of sp³-hybridized carbons (Fsp3) is 0.567. The lowest BCUT2D eigenvalue weighted by atomic mass is 9.82. The van der Waals surface area contributed by atoms with Crippen molar-refractivity contribution in [3.63, 3.8) is 0 Å². The summed E-state index contributed by atoms with van der Waals surface area (Å²) in [7, 11) is -4.32. The Morgan fingerprint density at radius 1 is 0.857 bits per heavy atom. The molecule has 1 saturated carbocycles. The number of sulfone groups is 1. The molecule has 0 bridgehead atoms. The van der Waals surface area contributed by atoms with Crippen molar-refractivity contribution in [1.29, 1.82) is 0 Å². The fourth-order valence-electron chi connectivity index (χ4n) is 6.78. The Hall–Kier alpha value is -2.63. The number of alkyl halides is 7. The maximum absolute atomic E-state index is 14.7. The van der Waals surface area contributed by atoms with E-state index in [4.69, 9.17) is 0 Å². The number of nitrogens with zero attached hydrogens (tertiary/aromatic N) is 1. The van der Waals surface area contributed by atoms with Crippen molar-refractivity contribution >= 4 is 15.7 Å². The third-order valence-corrected chi connectivity index (χ3v) is 11.9. The second-order valence-corrected chi connectivity index (χ2v) is 14.2. The number of likely N-dealkylation sites (tertiary alicyclic amines) is 1. The van der Waals surface area contributed by atoms with E-state index in [1.165, 1.54) is 11.0 Å². The molecule has 0 N–H and O–H groups in total. The van der Waals surface area contributed by atoms with E-state index in [-0.39, 0.29) is 41.8 Å². The number of amides is 1. The van der Waals surface area contributed by atoms with Gasteiger partial charge < -0.3 is 4.90 Å². The van der Waals surface area contributed by atoms with Crippen molar-refractivity contribution < 1.29 is 43.9 Å². The van der Waals surface area contributed by atoms with Crippen molar-refractivity contribution in [3.05, 3.63) is 64.7 Å². The summed E-state index contributed by atoms with van der Waals surface area (Å²) in [4.78, 5) is 14.9. The van der Waals surface area contributed by atoms with E-state index >= 15 is 0 Å². The Morgan fingerprint density at radius 2 is 1.45 bits per heavy atom. The van der Waals surface area contributed by atoms with Gasteiger partial charge >= 0.3 is 18.0 Å². The van der Waals surface area contributed by atoms with Crippen molar-refractivity contribution in [2.75, 3.05) is 13.1 Å². The van der Waals surface area contributed by atoms with Gasteiger partial charge in [0.2, 0.25) is 5.91 Å². The molecule has 4 nitrogen and oxygen atoms in total. The lowest BCUT2D eigenvalue weighted by Crippen LogP contribution is -2.50. The molecule has 1 unspecified atom stereocenters. The average Bonchev–Trinajstić information content (AvgIpc) is 3.60. The summed E-state index contributed by atoms with van der Waals surface area (Å²) in [5.41, 5.74) is -5.55. The molecule has 1 atom stereocenters. The molecule has 1 aliphatic heterocycles. The molecule has 2 fully saturated rings. The van der Waals surface area contributed by atoms with E-state index in [0.717, 1.165) is 48.9 Å². The monoisotopic (exact) mass is 619 g/mol. The third-order valence-electron chi connectivity index (χ3n) is 9.39. The Kier molecular flexibility index (Phi) is 7.72. The summed E-state index contributed by atoms with van der Waals surface area (Å²) in [6.07, 6.45) is -7.35. The maximum atomic E-state index is 14.7. The van der Waals surface area contributed by atoms with Gasteiger partial charge in [0.15, 0.2) is 9.84 Å². The highest BCUT2D eigenvalue weighted by Gasteiger charge is 2.73. The van der Waals surface area contributed by atoms with Gasteiger partial charge in [-0.05, 0) is 86.1 Å². The van der Waals surface area contributed by atoms with Crippen molar-refractivity contribution in [1.82, 2.24) is 4.90 Å². The van der Waals surface area contributed by atoms with Crippen LogP contribution in [-0.2, 0) is 37.9 Å². The third kappa shape index (κ3) is 4.91. The molecular formula is C30H32F7NO3S. The van der Waals surface area contributed by atoms with Gasteiger partial charge in [-0.2, -0.15) is 26.3 Å². The first-order chi connectivity index (χ1) is 19.5. The predicted molar refractivity (Wildman–Crippen MR) is 141 cm³/mol. The first-order valence-electron chi connectivity index (χ1n) is 14.1. The highest BCUT2D eigenvalue weighted by Crippen LogP contribution is 2.54. The molecule has 5 rings (SSSR count). The number of halogens is 7. The van der Waals surface area contributed by atoms with Crippen molar-refractivity contribution in [3.8, 4) is 0 Å². The number of carbonyl (C=O) groups is 1. The molecule has 1 amide bonds. The van der Waals surface area contributed by atoms with Crippen LogP contribution in [-0.4, -0.2) is 44.7 Å². The molecule has 1 heterocycles. The second kappa shape index (κ2) is 10.5. The fourth-order valence-corrected chi connectivity index (χ4v) is 8.91. The van der Waals surface area contributed by atoms with Crippen LogP contribution < -0.4 is 0 Å². The van der Waals surface area contributed by atoms with Crippen LogP contribution >= 0.6 is 0 Å². The van der Waals surface area contributed by atoms with E-state index in [2.05, 4.69) is 6.92 Å². The van der Waals surface area contributed by atoms with E-state index < -0.39 is 38.2 Å². The summed E-state index contributed by atoms with van der Waals surface area (Å²) in [6.45, 7) is 1.84. The highest BCUT2D eigenvalue weighted by atomic mass is 32.2. The number of fused-ring (bicyclic) bond motifs is 1. The Morgan fingerprint density at radius 3 is 2.05 bits per heavy atom. The first kappa shape index (κ1) is 30.8. The van der Waals surface area contributed by atoms with Crippen LogP contribution in [0.15, 0.2) is 47.4 Å². The van der Waals surface area contributed by atoms with Crippen molar-refractivity contribution in [2.24, 2.45) is 11.8 Å². The zero-order valence-corrected chi connectivity index (χ0v) is 23.8. The lowest BCUT2D eigenvalue weighted by molar-refractivity contribution is -0.348. The normalized spacial score (nSPS) is 25.5. The summed E-state index contributed by atoms with van der Waals surface area (Å²) in [5, 5.41) is 0. The van der Waals surface area contributed by atoms with E-state index in [1.54, 1.807) is 12.1 Å². The molecule has 2 aromatic rings. The maximum Gasteiger partial charge on any atom is 0.435 e. The summed E-state index contributed by atoms with van der Waals surface area (Å²) in [5.74, 6) is -0.0179. The molecule has 0 aromatic heterocycles. The number of hydrogen-bond acceptors (Lipinski definition) is 3. The van der Waals surface area contributed by atoms with E-state index in [9.17, 15) is 43.9 Å². The second-order valence-electron chi connectivity index (χ2n) is 12.0. The van der Waals surface area contributed by atoms with Gasteiger partial charge in [-0.15, -0.1) is 0 Å². The zero-order valence-electron chi connectivity index (χ0n) is 23.0. The zero-order chi connectivity index (χ0) is 30.7. The molecule has 2 aliphatic carbocycles. The number of aryl methyl sites for hydroxylation is 2. The van der Waals surface area contributed by atoms with Crippen LogP contribution in [0.25, 0.3) is 0 Å². The Bertz CT molecular complexity index is 1430. The van der Waals surface area contributed by atoms with Gasteiger partial charge in [-0.1, -0.05) is 37.3 Å². The van der Waals surface area contributed by atoms with Gasteiger partial charge in [0, 0.05) is 24.6 Å². The van der Waals surface area contributed by atoms with E-state index in [1.807, 2.05) is 0 Å². The predicted octanol–water partition coefficient (Wildman–Crippen LogP) is 7.19. The molecule has 42 heavy (non-hydrogen) atoms. The van der Waals surface area contributed by atoms with Crippen LogP contribution in [0.5, 0.6) is 0 Å². The Labute approximate surface area is 240 Å². The van der Waals surface area contributed by atoms with Crippen LogP contribution in [0.3, 0.4) is 0 Å². The van der Waals surface area contributed by atoms with Gasteiger partial charge in [0.25, 0.3) is 0 Å². The van der Waals surface area contributed by atoms with Crippen molar-refractivity contribution in [2.45, 2.75) is 86.0 Å². The SMILES string of the molecule is C[C@H]1CC[C@H](C(=O)N2CCC(c3ccc(C(F)(C(F)(F)F)C(F)(F)F)cc3)(S(=O)(=O)c3ccc4c(c3)CCC4)C2)CC1. The Balaban J connectivity index is 1.57. The standard InChI is InChI=1S/C30H32F7NO3S/c1-19-5-7-21(8-6-19)26(39)38-16-15-27(18-38,42(40,41)25-14-9-20-3-2-4-22(20)17-25)23-10-12-24(13-11-23)28(31,29(32,33)34)30(35,36)37/h9-14,17,19,21H,2-8,15-16,18H2,1H3/t19-,21-,27?. The molecule has 230 valence electrons. The van der Waals surface area contributed by atoms with Crippen LogP contribution in [0.4, 0.5) is 30.7 Å². The summed E-state index contributed by atoms with van der Waals surface area (Å²) >= 11 is 0. The molecular weight excluding hydrogens is 587 g/mol. The lowest BCUT2D eigenvalue weighted by Gasteiger charge is -2.33. The first-order valence-corrected chi connectivity index (χ1v) is 15.6. The average molecular weight is 620 g/mol. The minimum Gasteiger partial charge on any atom is -0.340 e. The number of rotatable bonds is 5. The number of benzene rings is 2. The quantitative estimate of drug-likeness (QED) is 0.333. The molecule has 2 aromatic carbocycles. The van der Waals surface area contributed by atoms with Gasteiger partial charge in [-0.25, -0.2) is 12.8 Å². The molecule has 0 spiro atoms. The van der Waals surface area contributed by atoms with Gasteiger partial charge in [-0.3, -0.25) is 4.79 Å². The molecule has 0 radical (unpaired) electrons. The minimum absolute atomic E-state index is 0.0292. The topological polar surface area (TPSA) is 54.5 Å². The largest absolute Gasteiger partial charge is 0.435 e. The molecule has 12 heteroatoms. The van der Waals surface area contributed by atoms with Gasteiger partial charge in [0.1, 0.15) is 4.75 Å².